The van der Waals surface area contributed by atoms with Crippen LogP contribution in [0.4, 0.5) is 29.1 Å². The number of pyridine rings is 1. The molecule has 0 aliphatic carbocycles. The molecule has 47 heavy (non-hydrogen) atoms. The van der Waals surface area contributed by atoms with Crippen LogP contribution < -0.4 is 15.1 Å². The molecular weight excluding hydrogens is 678 g/mol. The monoisotopic (exact) mass is 705 g/mol. The third-order valence-corrected chi connectivity index (χ3v) is 11.5. The van der Waals surface area contributed by atoms with Gasteiger partial charge in [0.2, 0.25) is 5.91 Å². The predicted octanol–water partition coefficient (Wildman–Crippen LogP) is 6.19. The van der Waals surface area contributed by atoms with Gasteiger partial charge in [-0.05, 0) is 54.1 Å². The van der Waals surface area contributed by atoms with E-state index in [0.717, 1.165) is 27.8 Å². The molecule has 8 nitrogen and oxygen atoms in total. The smallest absolute Gasteiger partial charge is 0.366 e. The van der Waals surface area contributed by atoms with Gasteiger partial charge in [0.25, 0.3) is 10.0 Å². The van der Waals surface area contributed by atoms with Crippen molar-refractivity contribution in [3.05, 3.63) is 106 Å². The number of piperazine rings is 1. The largest absolute Gasteiger partial charge is 0.416 e. The first-order chi connectivity index (χ1) is 22.4. The fourth-order valence-electron chi connectivity index (χ4n) is 5.51. The number of nitrogens with zero attached hydrogens (tertiary/aromatic N) is 4. The molecule has 1 saturated heterocycles. The van der Waals surface area contributed by atoms with E-state index in [2.05, 4.69) is 5.32 Å². The van der Waals surface area contributed by atoms with Crippen molar-refractivity contribution in [1.29, 1.82) is 0 Å². The van der Waals surface area contributed by atoms with E-state index >= 15 is 0 Å². The highest BCUT2D eigenvalue weighted by atomic mass is 35.5. The maximum atomic E-state index is 14.4. The molecular formula is C32H28ClF4N5O3S2. The number of para-hydroxylation sites is 1. The summed E-state index contributed by atoms with van der Waals surface area (Å²) >= 11 is 6.85. The van der Waals surface area contributed by atoms with Gasteiger partial charge in [0.05, 0.1) is 21.3 Å². The number of carbonyl (C=O) groups is 1. The molecule has 0 radical (unpaired) electrons. The summed E-state index contributed by atoms with van der Waals surface area (Å²) in [6, 6.07) is 16.4. The lowest BCUT2D eigenvalue weighted by atomic mass is 10.1. The van der Waals surface area contributed by atoms with E-state index in [9.17, 15) is 30.8 Å². The Balaban J connectivity index is 1.23. The van der Waals surface area contributed by atoms with Crippen molar-refractivity contribution in [3.8, 4) is 11.3 Å². The fourth-order valence-corrected chi connectivity index (χ4v) is 8.62. The van der Waals surface area contributed by atoms with Crippen LogP contribution in [-0.2, 0) is 27.5 Å². The van der Waals surface area contributed by atoms with Crippen LogP contribution in [-0.4, -0.2) is 62.4 Å². The van der Waals surface area contributed by atoms with Crippen LogP contribution in [0, 0.1) is 5.82 Å². The van der Waals surface area contributed by atoms with E-state index < -0.39 is 33.7 Å². The highest BCUT2D eigenvalue weighted by molar-refractivity contribution is 7.91. The molecule has 2 aromatic carbocycles. The Kier molecular flexibility index (Phi) is 9.29. The average Bonchev–Trinajstić information content (AvgIpc) is 3.74. The lowest BCUT2D eigenvalue weighted by Gasteiger charge is -2.37. The number of halogens is 5. The first kappa shape index (κ1) is 32.9. The number of aromatic nitrogens is 1. The summed E-state index contributed by atoms with van der Waals surface area (Å²) < 4.78 is 82.0. The minimum Gasteiger partial charge on any atom is -0.366 e. The molecule has 1 unspecified atom stereocenters. The first-order valence-electron chi connectivity index (χ1n) is 14.5. The number of hydrogen-bond acceptors (Lipinski definition) is 7. The second-order valence-electron chi connectivity index (χ2n) is 10.9. The average molecular weight is 706 g/mol. The zero-order chi connectivity index (χ0) is 33.3. The fraction of sp³-hybridized carbons (Fsp3) is 0.250. The maximum absolute atomic E-state index is 14.4. The van der Waals surface area contributed by atoms with Crippen molar-refractivity contribution in [2.75, 3.05) is 42.5 Å². The molecule has 1 amide bonds. The standard InChI is InChI=1S/C32H28ClF4N5O3S2/c33-28-11-12-30(46-28)47(44,45)42-13-3-6-27(42)31(43)38-20-21-18-25(22-7-9-23(10-8-22)32(35,36)37)39-29(19-21)41-16-14-40(15-17-41)26-5-2-1-4-24(26)34/h1-12,18-19,27H,13-17,20H2,(H,38,43). The molecule has 1 atom stereocenters. The second-order valence-corrected chi connectivity index (χ2v) is 14.8. The topological polar surface area (TPSA) is 85.8 Å². The molecule has 6 rings (SSSR count). The quantitative estimate of drug-likeness (QED) is 0.174. The molecule has 1 N–H and O–H groups in total. The van der Waals surface area contributed by atoms with E-state index in [1.54, 1.807) is 36.4 Å². The summed E-state index contributed by atoms with van der Waals surface area (Å²) in [5, 5.41) is 2.81. The zero-order valence-electron chi connectivity index (χ0n) is 24.6. The van der Waals surface area contributed by atoms with Gasteiger partial charge in [-0.2, -0.15) is 17.5 Å². The number of benzene rings is 2. The van der Waals surface area contributed by atoms with Crippen molar-refractivity contribution in [3.63, 3.8) is 0 Å². The second kappa shape index (κ2) is 13.3. The van der Waals surface area contributed by atoms with Crippen LogP contribution in [0.5, 0.6) is 0 Å². The van der Waals surface area contributed by atoms with Crippen LogP contribution in [0.1, 0.15) is 11.1 Å². The lowest BCUT2D eigenvalue weighted by Crippen LogP contribution is -2.47. The highest BCUT2D eigenvalue weighted by Gasteiger charge is 2.37. The predicted molar refractivity (Wildman–Crippen MR) is 173 cm³/mol. The summed E-state index contributed by atoms with van der Waals surface area (Å²) in [7, 11) is -3.98. The minimum atomic E-state index is -4.49. The van der Waals surface area contributed by atoms with Gasteiger partial charge in [-0.3, -0.25) is 4.79 Å². The molecule has 2 aromatic heterocycles. The molecule has 0 spiro atoms. The van der Waals surface area contributed by atoms with Gasteiger partial charge in [0.1, 0.15) is 21.9 Å². The minimum absolute atomic E-state index is 0.000235. The van der Waals surface area contributed by atoms with Crippen molar-refractivity contribution in [2.45, 2.75) is 23.0 Å². The summed E-state index contributed by atoms with van der Waals surface area (Å²) in [5.41, 5.74) is 1.17. The molecule has 246 valence electrons. The van der Waals surface area contributed by atoms with Crippen molar-refractivity contribution >= 4 is 50.4 Å². The van der Waals surface area contributed by atoms with Crippen LogP contribution in [0.15, 0.2) is 89.2 Å². The Morgan fingerprint density at radius 2 is 1.68 bits per heavy atom. The summed E-state index contributed by atoms with van der Waals surface area (Å²) in [6.07, 6.45) is -1.37. The van der Waals surface area contributed by atoms with E-state index in [1.807, 2.05) is 9.80 Å². The molecule has 1 fully saturated rings. The highest BCUT2D eigenvalue weighted by Crippen LogP contribution is 2.33. The van der Waals surface area contributed by atoms with E-state index in [1.165, 1.54) is 36.4 Å². The van der Waals surface area contributed by atoms with Crippen LogP contribution in [0.25, 0.3) is 11.3 Å². The van der Waals surface area contributed by atoms with Gasteiger partial charge < -0.3 is 15.1 Å². The SMILES string of the molecule is O=C(NCc1cc(-c2ccc(C(F)(F)F)cc2)nc(N2CCN(c3ccccc3F)CC2)c1)C1C=CCN1S(=O)(=O)c1ccc(Cl)s1. The Morgan fingerprint density at radius 1 is 0.979 bits per heavy atom. The summed E-state index contributed by atoms with van der Waals surface area (Å²) in [6.45, 7) is 2.03. The number of alkyl halides is 3. The Bertz CT molecular complexity index is 1910. The van der Waals surface area contributed by atoms with Gasteiger partial charge in [-0.1, -0.05) is 48.0 Å². The van der Waals surface area contributed by atoms with E-state index in [4.69, 9.17) is 16.6 Å². The molecule has 0 bridgehead atoms. The molecule has 4 aromatic rings. The number of anilines is 2. The summed E-state index contributed by atoms with van der Waals surface area (Å²) in [4.78, 5) is 22.0. The van der Waals surface area contributed by atoms with Crippen LogP contribution in [0.3, 0.4) is 0 Å². The molecule has 0 saturated carbocycles. The van der Waals surface area contributed by atoms with Crippen molar-refractivity contribution in [2.24, 2.45) is 0 Å². The maximum Gasteiger partial charge on any atom is 0.416 e. The first-order valence-corrected chi connectivity index (χ1v) is 17.2. The van der Waals surface area contributed by atoms with E-state index in [-0.39, 0.29) is 23.1 Å². The Morgan fingerprint density at radius 3 is 2.34 bits per heavy atom. The van der Waals surface area contributed by atoms with Gasteiger partial charge in [0, 0.05) is 44.8 Å². The van der Waals surface area contributed by atoms with Gasteiger partial charge in [-0.15, -0.1) is 11.3 Å². The number of thiophene rings is 1. The number of nitrogens with one attached hydrogen (secondary N) is 1. The number of carbonyl (C=O) groups excluding carboxylic acids is 1. The molecule has 4 heterocycles. The zero-order valence-corrected chi connectivity index (χ0v) is 27.0. The molecule has 2 aliphatic rings. The summed E-state index contributed by atoms with van der Waals surface area (Å²) in [5.74, 6) is -0.318. The van der Waals surface area contributed by atoms with Gasteiger partial charge >= 0.3 is 6.18 Å². The van der Waals surface area contributed by atoms with Gasteiger partial charge in [-0.25, -0.2) is 17.8 Å². The third-order valence-electron chi connectivity index (χ3n) is 7.94. The van der Waals surface area contributed by atoms with Crippen LogP contribution >= 0.6 is 22.9 Å². The number of sulfonamides is 1. The van der Waals surface area contributed by atoms with E-state index in [0.29, 0.717) is 58.8 Å². The van der Waals surface area contributed by atoms with Crippen LogP contribution in [0.2, 0.25) is 4.34 Å². The third kappa shape index (κ3) is 7.15. The van der Waals surface area contributed by atoms with Crippen molar-refractivity contribution in [1.82, 2.24) is 14.6 Å². The Labute approximate surface area is 277 Å². The lowest BCUT2D eigenvalue weighted by molar-refractivity contribution is -0.137. The van der Waals surface area contributed by atoms with Crippen molar-refractivity contribution < 1.29 is 30.8 Å². The number of hydrogen-bond donors (Lipinski definition) is 1. The number of rotatable bonds is 8. The Hall–Kier alpha value is -3.98. The van der Waals surface area contributed by atoms with Gasteiger partial charge in [0.15, 0.2) is 0 Å². The molecule has 15 heteroatoms. The molecule has 2 aliphatic heterocycles. The normalized spacial score (nSPS) is 17.3. The number of amides is 1.